The van der Waals surface area contributed by atoms with E-state index in [1.807, 2.05) is 26.0 Å². The van der Waals surface area contributed by atoms with Gasteiger partial charge in [0.15, 0.2) is 0 Å². The lowest BCUT2D eigenvalue weighted by Gasteiger charge is -2.18. The van der Waals surface area contributed by atoms with E-state index in [0.29, 0.717) is 27.3 Å². The smallest absolute Gasteiger partial charge is 0.272 e. The Morgan fingerprint density at radius 1 is 1.29 bits per heavy atom. The van der Waals surface area contributed by atoms with Gasteiger partial charge in [-0.2, -0.15) is 0 Å². The molecule has 142 valence electrons. The minimum Gasteiger partial charge on any atom is -0.324 e. The minimum atomic E-state index is -0.680. The zero-order valence-corrected chi connectivity index (χ0v) is 16.8. The van der Waals surface area contributed by atoms with Crippen molar-refractivity contribution in [1.29, 1.82) is 0 Å². The van der Waals surface area contributed by atoms with Gasteiger partial charge in [-0.05, 0) is 43.2 Å². The van der Waals surface area contributed by atoms with E-state index in [9.17, 15) is 9.59 Å². The third kappa shape index (κ3) is 3.06. The van der Waals surface area contributed by atoms with Crippen LogP contribution in [0.15, 0.2) is 47.7 Å². The van der Waals surface area contributed by atoms with E-state index in [1.54, 1.807) is 24.4 Å². The van der Waals surface area contributed by atoms with Gasteiger partial charge in [0.25, 0.3) is 5.56 Å². The van der Waals surface area contributed by atoms with Crippen LogP contribution in [0.2, 0.25) is 5.02 Å². The molecule has 4 aromatic rings. The quantitative estimate of drug-likeness (QED) is 0.533. The topological polar surface area (TPSA) is 76.9 Å². The molecule has 0 fully saturated rings. The second-order valence-corrected chi connectivity index (χ2v) is 7.82. The van der Waals surface area contributed by atoms with Gasteiger partial charge >= 0.3 is 0 Å². The summed E-state index contributed by atoms with van der Waals surface area (Å²) >= 11 is 7.43. The van der Waals surface area contributed by atoms with Crippen molar-refractivity contribution in [3.8, 4) is 0 Å². The highest BCUT2D eigenvalue weighted by Gasteiger charge is 2.23. The zero-order valence-electron chi connectivity index (χ0n) is 15.3. The average Bonchev–Trinajstić information content (AvgIpc) is 3.07. The van der Waals surface area contributed by atoms with E-state index in [4.69, 9.17) is 11.6 Å². The largest absolute Gasteiger partial charge is 0.324 e. The van der Waals surface area contributed by atoms with Gasteiger partial charge < -0.3 is 5.32 Å². The molecule has 0 radical (unpaired) electrons. The number of hydrogen-bond acceptors (Lipinski definition) is 5. The van der Waals surface area contributed by atoms with Crippen LogP contribution in [-0.2, 0) is 4.79 Å². The number of halogens is 1. The van der Waals surface area contributed by atoms with Crippen molar-refractivity contribution in [2.75, 3.05) is 5.32 Å². The molecule has 3 aromatic heterocycles. The van der Waals surface area contributed by atoms with Gasteiger partial charge in [-0.3, -0.25) is 14.2 Å². The summed E-state index contributed by atoms with van der Waals surface area (Å²) < 4.78 is 1.90. The molecule has 0 spiro atoms. The number of thiophene rings is 1. The monoisotopic (exact) mass is 412 g/mol. The van der Waals surface area contributed by atoms with Crippen LogP contribution in [0.25, 0.3) is 20.4 Å². The van der Waals surface area contributed by atoms with Gasteiger partial charge in [0, 0.05) is 22.3 Å². The van der Waals surface area contributed by atoms with Crippen molar-refractivity contribution in [3.05, 3.63) is 63.8 Å². The first kappa shape index (κ1) is 18.6. The highest BCUT2D eigenvalue weighted by Crippen LogP contribution is 2.29. The molecule has 0 aliphatic rings. The number of benzene rings is 1. The summed E-state index contributed by atoms with van der Waals surface area (Å²) in [5.41, 5.74) is 1.79. The number of fused-ring (bicyclic) bond motifs is 3. The number of nitrogens with one attached hydrogen (secondary N) is 1. The highest BCUT2D eigenvalue weighted by atomic mass is 35.5. The number of carbonyl (C=O) groups is 1. The van der Waals surface area contributed by atoms with Crippen LogP contribution >= 0.6 is 22.9 Å². The van der Waals surface area contributed by atoms with Crippen LogP contribution in [0.4, 0.5) is 5.69 Å². The fourth-order valence-electron chi connectivity index (χ4n) is 3.17. The SMILES string of the molecule is CC[C@H](C(=O)Nc1cccc(Cl)c1C)n1cnc2c(sc3ncccc32)c1=O. The maximum Gasteiger partial charge on any atom is 0.272 e. The van der Waals surface area contributed by atoms with Crippen LogP contribution in [0, 0.1) is 6.92 Å². The summed E-state index contributed by atoms with van der Waals surface area (Å²) in [6, 6.07) is 8.35. The number of anilines is 1. The lowest BCUT2D eigenvalue weighted by molar-refractivity contribution is -0.119. The third-order valence-corrected chi connectivity index (χ3v) is 6.23. The number of rotatable bonds is 4. The maximum atomic E-state index is 13.1. The Labute approximate surface area is 169 Å². The van der Waals surface area contributed by atoms with Crippen molar-refractivity contribution < 1.29 is 4.79 Å². The van der Waals surface area contributed by atoms with Gasteiger partial charge in [-0.15, -0.1) is 11.3 Å². The number of nitrogens with zero attached hydrogens (tertiary/aromatic N) is 3. The first-order valence-electron chi connectivity index (χ1n) is 8.81. The summed E-state index contributed by atoms with van der Waals surface area (Å²) in [5, 5.41) is 4.30. The van der Waals surface area contributed by atoms with Crippen molar-refractivity contribution in [2.24, 2.45) is 0 Å². The second kappa shape index (κ2) is 7.33. The summed E-state index contributed by atoms with van der Waals surface area (Å²) in [4.78, 5) is 35.5. The van der Waals surface area contributed by atoms with E-state index >= 15 is 0 Å². The van der Waals surface area contributed by atoms with E-state index in [-0.39, 0.29) is 11.5 Å². The molecule has 0 bridgehead atoms. The molecule has 0 aliphatic heterocycles. The van der Waals surface area contributed by atoms with Crippen molar-refractivity contribution >= 4 is 55.0 Å². The van der Waals surface area contributed by atoms with Crippen LogP contribution in [0.3, 0.4) is 0 Å². The highest BCUT2D eigenvalue weighted by molar-refractivity contribution is 7.25. The van der Waals surface area contributed by atoms with Gasteiger partial charge in [-0.25, -0.2) is 9.97 Å². The molecule has 6 nitrogen and oxygen atoms in total. The van der Waals surface area contributed by atoms with E-state index in [0.717, 1.165) is 15.8 Å². The number of carbonyl (C=O) groups excluding carboxylic acids is 1. The lowest BCUT2D eigenvalue weighted by atomic mass is 10.1. The Hall–Kier alpha value is -2.77. The van der Waals surface area contributed by atoms with Crippen LogP contribution in [0.1, 0.15) is 24.9 Å². The van der Waals surface area contributed by atoms with Gasteiger partial charge in [0.05, 0.1) is 11.8 Å². The third-order valence-electron chi connectivity index (χ3n) is 4.73. The lowest BCUT2D eigenvalue weighted by Crippen LogP contribution is -2.33. The molecule has 4 rings (SSSR count). The predicted molar refractivity (Wildman–Crippen MR) is 113 cm³/mol. The molecule has 0 saturated carbocycles. The molecule has 0 aliphatic carbocycles. The Bertz CT molecular complexity index is 1260. The Morgan fingerprint density at radius 2 is 2.11 bits per heavy atom. The molecule has 28 heavy (non-hydrogen) atoms. The fourth-order valence-corrected chi connectivity index (χ4v) is 4.38. The van der Waals surface area contributed by atoms with Crippen LogP contribution < -0.4 is 10.9 Å². The summed E-state index contributed by atoms with van der Waals surface area (Å²) in [6.45, 7) is 3.70. The molecule has 3 heterocycles. The van der Waals surface area contributed by atoms with Gasteiger partial charge in [0.2, 0.25) is 5.91 Å². The normalized spacial score (nSPS) is 12.4. The number of hydrogen-bond donors (Lipinski definition) is 1. The van der Waals surface area contributed by atoms with E-state index in [2.05, 4.69) is 15.3 Å². The molecular weight excluding hydrogens is 396 g/mol. The van der Waals surface area contributed by atoms with Gasteiger partial charge in [-0.1, -0.05) is 24.6 Å². The van der Waals surface area contributed by atoms with Gasteiger partial charge in [0.1, 0.15) is 15.6 Å². The van der Waals surface area contributed by atoms with Crippen LogP contribution in [0.5, 0.6) is 0 Å². The Kier molecular flexibility index (Phi) is 4.87. The summed E-state index contributed by atoms with van der Waals surface area (Å²) in [5.74, 6) is -0.282. The van der Waals surface area contributed by atoms with Crippen molar-refractivity contribution in [2.45, 2.75) is 26.3 Å². The number of aromatic nitrogens is 3. The van der Waals surface area contributed by atoms with Crippen molar-refractivity contribution in [1.82, 2.24) is 14.5 Å². The maximum absolute atomic E-state index is 13.1. The molecule has 0 unspecified atom stereocenters. The van der Waals surface area contributed by atoms with E-state index < -0.39 is 6.04 Å². The molecule has 1 N–H and O–H groups in total. The number of pyridine rings is 1. The molecule has 1 atom stereocenters. The Morgan fingerprint density at radius 3 is 2.89 bits per heavy atom. The molecular formula is C20H17ClN4O2S. The number of amides is 1. The molecule has 1 aromatic carbocycles. The summed E-state index contributed by atoms with van der Waals surface area (Å²) in [6.07, 6.45) is 3.58. The minimum absolute atomic E-state index is 0.238. The standard InChI is InChI=1S/C20H17ClN4O2S/c1-3-15(18(26)24-14-8-4-7-13(21)11(14)2)25-10-23-16-12-6-5-9-22-19(12)28-17(16)20(25)27/h4-10,15H,3H2,1-2H3,(H,24,26)/t15-/m1/s1. The molecule has 8 heteroatoms. The average molecular weight is 413 g/mol. The van der Waals surface area contributed by atoms with Crippen LogP contribution in [-0.4, -0.2) is 20.4 Å². The Balaban J connectivity index is 1.75. The fraction of sp³-hybridized carbons (Fsp3) is 0.200. The summed E-state index contributed by atoms with van der Waals surface area (Å²) in [7, 11) is 0. The van der Waals surface area contributed by atoms with Crippen molar-refractivity contribution in [3.63, 3.8) is 0 Å². The second-order valence-electron chi connectivity index (χ2n) is 6.42. The zero-order chi connectivity index (χ0) is 19.8. The molecule has 1 amide bonds. The predicted octanol–water partition coefficient (Wildman–Crippen LogP) is 4.56. The van der Waals surface area contributed by atoms with E-state index in [1.165, 1.54) is 22.2 Å². The first-order valence-corrected chi connectivity index (χ1v) is 10.0. The first-order chi connectivity index (χ1) is 13.5. The molecule has 0 saturated heterocycles.